The molecule has 0 spiro atoms. The number of fused-ring (bicyclic) bond motifs is 1. The summed E-state index contributed by atoms with van der Waals surface area (Å²) in [6, 6.07) is 13.3. The topological polar surface area (TPSA) is 59.6 Å². The van der Waals surface area contributed by atoms with Crippen LogP contribution >= 0.6 is 0 Å². The van der Waals surface area contributed by atoms with Gasteiger partial charge in [-0.2, -0.15) is 5.10 Å². The van der Waals surface area contributed by atoms with E-state index in [0.717, 1.165) is 16.7 Å². The van der Waals surface area contributed by atoms with Crippen LogP contribution in [-0.2, 0) is 0 Å². The molecule has 1 aromatic carbocycles. The van der Waals surface area contributed by atoms with Gasteiger partial charge in [0.15, 0.2) is 17.1 Å². The molecule has 0 radical (unpaired) electrons. The van der Waals surface area contributed by atoms with Crippen LogP contribution in [0.25, 0.3) is 11.0 Å². The van der Waals surface area contributed by atoms with E-state index in [4.69, 9.17) is 9.15 Å². The molecule has 21 heavy (non-hydrogen) atoms. The largest absolute Gasteiger partial charge is 0.493 e. The highest BCUT2D eigenvalue weighted by Crippen LogP contribution is 2.28. The van der Waals surface area contributed by atoms with Gasteiger partial charge >= 0.3 is 0 Å². The lowest BCUT2D eigenvalue weighted by Crippen LogP contribution is -1.99. The molecule has 5 nitrogen and oxygen atoms in total. The van der Waals surface area contributed by atoms with Gasteiger partial charge in [0.05, 0.1) is 7.11 Å². The summed E-state index contributed by atoms with van der Waals surface area (Å²) in [5.74, 6) is 2.09. The maximum Gasteiger partial charge on any atom is 0.176 e. The number of methoxy groups -OCH3 is 1. The van der Waals surface area contributed by atoms with Crippen molar-refractivity contribution in [2.75, 3.05) is 12.5 Å². The molecule has 3 rings (SSSR count). The van der Waals surface area contributed by atoms with Crippen molar-refractivity contribution in [3.8, 4) is 5.75 Å². The van der Waals surface area contributed by atoms with E-state index in [0.29, 0.717) is 17.3 Å². The molecule has 0 bridgehead atoms. The van der Waals surface area contributed by atoms with Crippen molar-refractivity contribution >= 4 is 22.5 Å². The molecule has 0 amide bonds. The lowest BCUT2D eigenvalue weighted by Gasteiger charge is -2.00. The molecule has 0 aliphatic carbocycles. The van der Waals surface area contributed by atoms with Crippen LogP contribution < -0.4 is 10.2 Å². The normalized spacial score (nSPS) is 11.6. The number of nitrogens with zero attached hydrogens (tertiary/aromatic N) is 2. The van der Waals surface area contributed by atoms with Gasteiger partial charge in [0, 0.05) is 11.6 Å². The van der Waals surface area contributed by atoms with Crippen molar-refractivity contribution in [3.05, 3.63) is 54.4 Å². The number of ether oxygens (including phenoxy) is 1. The van der Waals surface area contributed by atoms with Gasteiger partial charge in [-0.1, -0.05) is 18.2 Å². The van der Waals surface area contributed by atoms with Crippen molar-refractivity contribution in [2.45, 2.75) is 6.92 Å². The summed E-state index contributed by atoms with van der Waals surface area (Å²) in [6.07, 6.45) is 1.71. The molecule has 0 aliphatic heterocycles. The summed E-state index contributed by atoms with van der Waals surface area (Å²) in [4.78, 5) is 4.15. The number of hydrogen-bond donors (Lipinski definition) is 1. The predicted octanol–water partition coefficient (Wildman–Crippen LogP) is 3.67. The second-order valence-corrected chi connectivity index (χ2v) is 4.51. The fourth-order valence-corrected chi connectivity index (χ4v) is 2.00. The zero-order valence-corrected chi connectivity index (χ0v) is 11.8. The molecule has 1 N–H and O–H groups in total. The highest BCUT2D eigenvalue weighted by molar-refractivity contribution is 6.00. The van der Waals surface area contributed by atoms with E-state index in [1.54, 1.807) is 13.3 Å². The van der Waals surface area contributed by atoms with Gasteiger partial charge in [-0.3, -0.25) is 5.43 Å². The maximum absolute atomic E-state index is 5.82. The van der Waals surface area contributed by atoms with Crippen LogP contribution in [0.5, 0.6) is 5.75 Å². The predicted molar refractivity (Wildman–Crippen MR) is 82.8 cm³/mol. The minimum Gasteiger partial charge on any atom is -0.493 e. The fourth-order valence-electron chi connectivity index (χ4n) is 2.00. The third kappa shape index (κ3) is 2.72. The van der Waals surface area contributed by atoms with Crippen LogP contribution in [-0.4, -0.2) is 17.8 Å². The Morgan fingerprint density at radius 3 is 2.90 bits per heavy atom. The number of aromatic nitrogens is 1. The average Bonchev–Trinajstić information content (AvgIpc) is 2.97. The molecule has 106 valence electrons. The number of hydrazone groups is 1. The number of hydrogen-bond acceptors (Lipinski definition) is 5. The van der Waals surface area contributed by atoms with Crippen LogP contribution in [0.1, 0.15) is 12.7 Å². The van der Waals surface area contributed by atoms with Crippen LogP contribution in [0.3, 0.4) is 0 Å². The highest BCUT2D eigenvalue weighted by atomic mass is 16.5. The number of furan rings is 1. The second-order valence-electron chi connectivity index (χ2n) is 4.51. The molecule has 2 aromatic heterocycles. The molecule has 0 fully saturated rings. The first kappa shape index (κ1) is 13.2. The minimum absolute atomic E-state index is 0.686. The van der Waals surface area contributed by atoms with E-state index in [-0.39, 0.29) is 0 Å². The molecule has 0 atom stereocenters. The van der Waals surface area contributed by atoms with Crippen LogP contribution in [0.2, 0.25) is 0 Å². The number of rotatable bonds is 4. The van der Waals surface area contributed by atoms with Crippen molar-refractivity contribution in [1.82, 2.24) is 4.98 Å². The summed E-state index contributed by atoms with van der Waals surface area (Å²) in [6.45, 7) is 1.88. The standard InChI is InChI=1S/C16H15N3O2/c1-11(18-19-15-8-3-4-9-17-15)14-10-12-6-5-7-13(20-2)16(12)21-14/h3-10H,1-2H3,(H,17,19)/b18-11-. The first-order valence-corrected chi connectivity index (χ1v) is 6.56. The Kier molecular flexibility index (Phi) is 3.55. The SMILES string of the molecule is COc1cccc2cc(/C(C)=N\Nc3ccccn3)oc12. The first-order chi connectivity index (χ1) is 10.3. The van der Waals surface area contributed by atoms with Gasteiger partial charge in [0.2, 0.25) is 0 Å². The van der Waals surface area contributed by atoms with E-state index in [9.17, 15) is 0 Å². The highest BCUT2D eigenvalue weighted by Gasteiger charge is 2.10. The summed E-state index contributed by atoms with van der Waals surface area (Å²) in [5.41, 5.74) is 4.36. The number of anilines is 1. The third-order valence-electron chi connectivity index (χ3n) is 3.09. The first-order valence-electron chi connectivity index (χ1n) is 6.56. The molecule has 5 heteroatoms. The molecule has 0 saturated carbocycles. The second kappa shape index (κ2) is 5.66. The Morgan fingerprint density at radius 2 is 2.14 bits per heavy atom. The van der Waals surface area contributed by atoms with Gasteiger partial charge in [-0.25, -0.2) is 4.98 Å². The maximum atomic E-state index is 5.82. The molecule has 3 aromatic rings. The zero-order chi connectivity index (χ0) is 14.7. The summed E-state index contributed by atoms with van der Waals surface area (Å²) in [5, 5.41) is 5.27. The Labute approximate surface area is 122 Å². The van der Waals surface area contributed by atoms with Crippen LogP contribution in [0, 0.1) is 0 Å². The monoisotopic (exact) mass is 281 g/mol. The van der Waals surface area contributed by atoms with Crippen LogP contribution in [0.4, 0.5) is 5.82 Å². The van der Waals surface area contributed by atoms with Gasteiger partial charge in [-0.15, -0.1) is 0 Å². The molecule has 0 unspecified atom stereocenters. The van der Waals surface area contributed by atoms with Crippen molar-refractivity contribution in [1.29, 1.82) is 0 Å². The Balaban J connectivity index is 1.89. The van der Waals surface area contributed by atoms with Gasteiger partial charge in [0.1, 0.15) is 11.5 Å². The van der Waals surface area contributed by atoms with E-state index < -0.39 is 0 Å². The number of para-hydroxylation sites is 1. The summed E-state index contributed by atoms with van der Waals surface area (Å²) >= 11 is 0. The smallest absolute Gasteiger partial charge is 0.176 e. The van der Waals surface area contributed by atoms with Gasteiger partial charge in [0.25, 0.3) is 0 Å². The average molecular weight is 281 g/mol. The quantitative estimate of drug-likeness (QED) is 0.585. The fraction of sp³-hybridized carbons (Fsp3) is 0.125. The van der Waals surface area contributed by atoms with Gasteiger partial charge < -0.3 is 9.15 Å². The van der Waals surface area contributed by atoms with Crippen molar-refractivity contribution in [3.63, 3.8) is 0 Å². The van der Waals surface area contributed by atoms with E-state index in [1.165, 1.54) is 0 Å². The molecule has 2 heterocycles. The Hall–Kier alpha value is -2.82. The molecular formula is C16H15N3O2. The minimum atomic E-state index is 0.686. The molecular weight excluding hydrogens is 266 g/mol. The lowest BCUT2D eigenvalue weighted by atomic mass is 10.2. The van der Waals surface area contributed by atoms with E-state index in [2.05, 4.69) is 15.5 Å². The Morgan fingerprint density at radius 1 is 1.24 bits per heavy atom. The van der Waals surface area contributed by atoms with Crippen molar-refractivity contribution < 1.29 is 9.15 Å². The molecule has 0 saturated heterocycles. The third-order valence-corrected chi connectivity index (χ3v) is 3.09. The van der Waals surface area contributed by atoms with E-state index >= 15 is 0 Å². The van der Waals surface area contributed by atoms with E-state index in [1.807, 2.05) is 49.4 Å². The number of pyridine rings is 1. The molecule has 0 aliphatic rings. The zero-order valence-electron chi connectivity index (χ0n) is 11.8. The van der Waals surface area contributed by atoms with Gasteiger partial charge in [-0.05, 0) is 31.2 Å². The summed E-state index contributed by atoms with van der Waals surface area (Å²) < 4.78 is 11.1. The number of nitrogens with one attached hydrogen (secondary N) is 1. The Bertz CT molecular complexity index is 779. The number of benzene rings is 1. The summed E-state index contributed by atoms with van der Waals surface area (Å²) in [7, 11) is 1.63. The van der Waals surface area contributed by atoms with Crippen LogP contribution in [0.15, 0.2) is 58.2 Å². The lowest BCUT2D eigenvalue weighted by molar-refractivity contribution is 0.410. The van der Waals surface area contributed by atoms with Crippen molar-refractivity contribution in [2.24, 2.45) is 5.10 Å².